The standard InChI is InChI=1S/C9H4F3N3O2/c10-4-1-5(11)8(12)6(2-4)15-7(9(16)17)3-13-14-15/h1-3H,(H,16,17). The third-order valence-corrected chi connectivity index (χ3v) is 1.97. The third-order valence-electron chi connectivity index (χ3n) is 1.97. The van der Waals surface area contributed by atoms with E-state index in [9.17, 15) is 18.0 Å². The number of hydrogen-bond donors (Lipinski definition) is 1. The van der Waals surface area contributed by atoms with E-state index in [2.05, 4.69) is 10.3 Å². The zero-order valence-corrected chi connectivity index (χ0v) is 8.06. The van der Waals surface area contributed by atoms with Gasteiger partial charge in [0.25, 0.3) is 0 Å². The van der Waals surface area contributed by atoms with Gasteiger partial charge in [0.15, 0.2) is 17.3 Å². The topological polar surface area (TPSA) is 68.0 Å². The fourth-order valence-electron chi connectivity index (χ4n) is 1.26. The Kier molecular flexibility index (Phi) is 2.54. The largest absolute Gasteiger partial charge is 0.476 e. The molecular formula is C9H4F3N3O2. The van der Waals surface area contributed by atoms with E-state index in [0.29, 0.717) is 16.8 Å². The summed E-state index contributed by atoms with van der Waals surface area (Å²) in [5, 5.41) is 15.2. The molecule has 2 aromatic rings. The Hall–Kier alpha value is -2.38. The Morgan fingerprint density at radius 2 is 2.00 bits per heavy atom. The summed E-state index contributed by atoms with van der Waals surface area (Å²) in [6, 6.07) is 0.968. The normalized spacial score (nSPS) is 10.5. The summed E-state index contributed by atoms with van der Waals surface area (Å²) in [5.74, 6) is -5.34. The molecule has 8 heteroatoms. The van der Waals surface area contributed by atoms with E-state index in [1.165, 1.54) is 0 Å². The van der Waals surface area contributed by atoms with Crippen LogP contribution in [0.25, 0.3) is 5.69 Å². The van der Waals surface area contributed by atoms with Crippen molar-refractivity contribution in [3.05, 3.63) is 41.5 Å². The first-order chi connectivity index (χ1) is 8.00. The van der Waals surface area contributed by atoms with Gasteiger partial charge in [0.2, 0.25) is 0 Å². The molecule has 0 spiro atoms. The van der Waals surface area contributed by atoms with Crippen LogP contribution in [-0.4, -0.2) is 26.1 Å². The van der Waals surface area contributed by atoms with Gasteiger partial charge in [0.05, 0.1) is 6.20 Å². The summed E-state index contributed by atoms with van der Waals surface area (Å²) < 4.78 is 39.7. The summed E-state index contributed by atoms with van der Waals surface area (Å²) in [7, 11) is 0. The number of halogens is 3. The van der Waals surface area contributed by atoms with Gasteiger partial charge in [-0.2, -0.15) is 0 Å². The minimum Gasteiger partial charge on any atom is -0.476 e. The van der Waals surface area contributed by atoms with E-state index in [-0.39, 0.29) is 0 Å². The van der Waals surface area contributed by atoms with E-state index in [4.69, 9.17) is 5.11 Å². The number of rotatable bonds is 2. The zero-order valence-electron chi connectivity index (χ0n) is 8.06. The number of benzene rings is 1. The lowest BCUT2D eigenvalue weighted by Crippen LogP contribution is -2.10. The van der Waals surface area contributed by atoms with Crippen LogP contribution in [-0.2, 0) is 0 Å². The maximum atomic E-state index is 13.4. The molecule has 1 aromatic heterocycles. The van der Waals surface area contributed by atoms with Gasteiger partial charge >= 0.3 is 5.97 Å². The van der Waals surface area contributed by atoms with Crippen LogP contribution in [0.2, 0.25) is 0 Å². The van der Waals surface area contributed by atoms with Crippen LogP contribution in [0.3, 0.4) is 0 Å². The number of aromatic carboxylic acids is 1. The number of aromatic nitrogens is 3. The lowest BCUT2D eigenvalue weighted by Gasteiger charge is -2.05. The SMILES string of the molecule is O=C(O)c1cnnn1-c1cc(F)cc(F)c1F. The van der Waals surface area contributed by atoms with Gasteiger partial charge in [0, 0.05) is 12.1 Å². The Morgan fingerprint density at radius 1 is 1.29 bits per heavy atom. The van der Waals surface area contributed by atoms with Crippen LogP contribution in [0.1, 0.15) is 10.5 Å². The highest BCUT2D eigenvalue weighted by atomic mass is 19.2. The van der Waals surface area contributed by atoms with Gasteiger partial charge in [-0.15, -0.1) is 5.10 Å². The summed E-state index contributed by atoms with van der Waals surface area (Å²) in [4.78, 5) is 10.7. The molecule has 1 heterocycles. The maximum Gasteiger partial charge on any atom is 0.356 e. The number of nitrogens with zero attached hydrogens (tertiary/aromatic N) is 3. The van der Waals surface area contributed by atoms with Gasteiger partial charge in [-0.3, -0.25) is 0 Å². The predicted molar refractivity (Wildman–Crippen MR) is 48.2 cm³/mol. The second kappa shape index (κ2) is 3.89. The molecule has 0 radical (unpaired) electrons. The molecule has 88 valence electrons. The van der Waals surface area contributed by atoms with Crippen molar-refractivity contribution in [2.24, 2.45) is 0 Å². The Morgan fingerprint density at radius 3 is 2.65 bits per heavy atom. The number of carboxylic acids is 1. The van der Waals surface area contributed by atoms with E-state index in [0.717, 1.165) is 6.20 Å². The van der Waals surface area contributed by atoms with Gasteiger partial charge in [-0.05, 0) is 0 Å². The van der Waals surface area contributed by atoms with Crippen molar-refractivity contribution >= 4 is 5.97 Å². The van der Waals surface area contributed by atoms with Gasteiger partial charge < -0.3 is 5.11 Å². The molecule has 0 unspecified atom stereocenters. The molecule has 0 aliphatic heterocycles. The third kappa shape index (κ3) is 1.84. The second-order valence-corrected chi connectivity index (χ2v) is 3.06. The van der Waals surface area contributed by atoms with Crippen LogP contribution < -0.4 is 0 Å². The van der Waals surface area contributed by atoms with E-state index in [1.54, 1.807) is 0 Å². The quantitative estimate of drug-likeness (QED) is 0.809. The van der Waals surface area contributed by atoms with Crippen LogP contribution >= 0.6 is 0 Å². The molecule has 0 saturated carbocycles. The lowest BCUT2D eigenvalue weighted by molar-refractivity contribution is 0.0687. The van der Waals surface area contributed by atoms with Crippen LogP contribution in [0.5, 0.6) is 0 Å². The van der Waals surface area contributed by atoms with Gasteiger partial charge in [-0.25, -0.2) is 22.6 Å². The van der Waals surface area contributed by atoms with Crippen molar-refractivity contribution in [3.8, 4) is 5.69 Å². The summed E-state index contributed by atoms with van der Waals surface area (Å²) in [5.41, 5.74) is -1.16. The minimum absolute atomic E-state index is 0.343. The highest BCUT2D eigenvalue weighted by Gasteiger charge is 2.19. The first kappa shape index (κ1) is 11.1. The minimum atomic E-state index is -1.45. The van der Waals surface area contributed by atoms with Gasteiger partial charge in [-0.1, -0.05) is 5.21 Å². The fraction of sp³-hybridized carbons (Fsp3) is 0. The molecule has 0 amide bonds. The molecule has 0 aliphatic carbocycles. The van der Waals surface area contributed by atoms with E-state index < -0.39 is 34.8 Å². The van der Waals surface area contributed by atoms with E-state index >= 15 is 0 Å². The molecule has 1 aromatic carbocycles. The monoisotopic (exact) mass is 243 g/mol. The highest BCUT2D eigenvalue weighted by Crippen LogP contribution is 2.18. The van der Waals surface area contributed by atoms with Crippen molar-refractivity contribution in [1.29, 1.82) is 0 Å². The maximum absolute atomic E-state index is 13.4. The number of carbonyl (C=O) groups is 1. The molecule has 0 atom stereocenters. The van der Waals surface area contributed by atoms with Crippen molar-refractivity contribution in [3.63, 3.8) is 0 Å². The average Bonchev–Trinajstić information content (AvgIpc) is 2.72. The molecule has 1 N–H and O–H groups in total. The summed E-state index contributed by atoms with van der Waals surface area (Å²) in [6.45, 7) is 0. The van der Waals surface area contributed by atoms with Crippen molar-refractivity contribution in [2.75, 3.05) is 0 Å². The predicted octanol–water partition coefficient (Wildman–Crippen LogP) is 1.38. The van der Waals surface area contributed by atoms with Crippen molar-refractivity contribution in [2.45, 2.75) is 0 Å². The highest BCUT2D eigenvalue weighted by molar-refractivity contribution is 5.85. The fourth-order valence-corrected chi connectivity index (χ4v) is 1.26. The Balaban J connectivity index is 2.68. The molecule has 5 nitrogen and oxygen atoms in total. The van der Waals surface area contributed by atoms with E-state index in [1.807, 2.05) is 0 Å². The summed E-state index contributed by atoms with van der Waals surface area (Å²) >= 11 is 0. The smallest absolute Gasteiger partial charge is 0.356 e. The molecule has 0 aliphatic rings. The molecule has 17 heavy (non-hydrogen) atoms. The first-order valence-electron chi connectivity index (χ1n) is 4.29. The summed E-state index contributed by atoms with van der Waals surface area (Å²) in [6.07, 6.45) is 0.838. The first-order valence-corrected chi connectivity index (χ1v) is 4.29. The Bertz CT molecular complexity index is 597. The zero-order chi connectivity index (χ0) is 12.6. The van der Waals surface area contributed by atoms with Gasteiger partial charge in [0.1, 0.15) is 11.5 Å². The molecule has 0 saturated heterocycles. The second-order valence-electron chi connectivity index (χ2n) is 3.06. The van der Waals surface area contributed by atoms with Crippen molar-refractivity contribution < 1.29 is 23.1 Å². The molecule has 2 rings (SSSR count). The van der Waals surface area contributed by atoms with Crippen LogP contribution in [0.15, 0.2) is 18.3 Å². The number of carboxylic acid groups (broad SMARTS) is 1. The van der Waals surface area contributed by atoms with Crippen LogP contribution in [0.4, 0.5) is 13.2 Å². The average molecular weight is 243 g/mol. The number of hydrogen-bond acceptors (Lipinski definition) is 3. The Labute approximate surface area is 92.1 Å². The molecule has 0 fully saturated rings. The lowest BCUT2D eigenvalue weighted by atomic mass is 10.2. The molecular weight excluding hydrogens is 239 g/mol. The van der Waals surface area contributed by atoms with Crippen molar-refractivity contribution in [1.82, 2.24) is 15.0 Å². The van der Waals surface area contributed by atoms with Crippen LogP contribution in [0, 0.1) is 17.5 Å². The molecule has 0 bridgehead atoms.